The molecule has 0 aliphatic carbocycles. The second kappa shape index (κ2) is 8.47. The van der Waals surface area contributed by atoms with Crippen LogP contribution >= 0.6 is 11.6 Å². The van der Waals surface area contributed by atoms with Crippen molar-refractivity contribution in [3.63, 3.8) is 0 Å². The SMILES string of the molecule is CCN(CC(C)C)C(CN)c1ccc(OC)c(OC)c1Cl. The molecule has 0 amide bonds. The molecule has 0 radical (unpaired) electrons. The number of nitrogens with two attached hydrogens (primary N) is 1. The lowest BCUT2D eigenvalue weighted by atomic mass is 10.0. The largest absolute Gasteiger partial charge is 0.493 e. The van der Waals surface area contributed by atoms with E-state index in [9.17, 15) is 0 Å². The number of nitrogens with zero attached hydrogens (tertiary/aromatic N) is 1. The standard InChI is InChI=1S/C16H27ClN2O2/c1-6-19(10-11(2)3)13(9-18)12-7-8-14(20-4)16(21-5)15(12)17/h7-8,11,13H,6,9-10,18H2,1-5H3. The Morgan fingerprint density at radius 1 is 1.24 bits per heavy atom. The highest BCUT2D eigenvalue weighted by Gasteiger charge is 2.24. The van der Waals surface area contributed by atoms with E-state index in [2.05, 4.69) is 25.7 Å². The van der Waals surface area contributed by atoms with E-state index in [4.69, 9.17) is 26.8 Å². The van der Waals surface area contributed by atoms with Crippen LogP contribution in [0.25, 0.3) is 0 Å². The third-order valence-electron chi connectivity index (χ3n) is 3.54. The fourth-order valence-corrected chi connectivity index (χ4v) is 2.94. The van der Waals surface area contributed by atoms with Gasteiger partial charge in [-0.3, -0.25) is 4.90 Å². The first-order valence-corrected chi connectivity index (χ1v) is 7.72. The van der Waals surface area contributed by atoms with Gasteiger partial charge >= 0.3 is 0 Å². The maximum Gasteiger partial charge on any atom is 0.179 e. The first-order chi connectivity index (χ1) is 9.99. The highest BCUT2D eigenvalue weighted by Crippen LogP contribution is 2.40. The molecule has 0 saturated heterocycles. The molecule has 1 rings (SSSR count). The maximum atomic E-state index is 6.52. The summed E-state index contributed by atoms with van der Waals surface area (Å²) in [6.45, 7) is 8.95. The predicted octanol–water partition coefficient (Wildman–Crippen LogP) is 3.33. The van der Waals surface area contributed by atoms with Crippen molar-refractivity contribution in [2.45, 2.75) is 26.8 Å². The Morgan fingerprint density at radius 3 is 2.33 bits per heavy atom. The van der Waals surface area contributed by atoms with Crippen LogP contribution in [0.3, 0.4) is 0 Å². The van der Waals surface area contributed by atoms with Gasteiger partial charge in [0.2, 0.25) is 0 Å². The monoisotopic (exact) mass is 314 g/mol. The molecule has 0 aliphatic heterocycles. The van der Waals surface area contributed by atoms with Crippen LogP contribution in [-0.4, -0.2) is 38.8 Å². The Bertz CT molecular complexity index is 452. The molecular weight excluding hydrogens is 288 g/mol. The van der Waals surface area contributed by atoms with Gasteiger partial charge in [0.15, 0.2) is 11.5 Å². The van der Waals surface area contributed by atoms with Gasteiger partial charge in [0.25, 0.3) is 0 Å². The summed E-state index contributed by atoms with van der Waals surface area (Å²) in [5.41, 5.74) is 7.00. The molecule has 1 aromatic rings. The summed E-state index contributed by atoms with van der Waals surface area (Å²) in [6.07, 6.45) is 0. The molecule has 0 spiro atoms. The van der Waals surface area contributed by atoms with Crippen molar-refractivity contribution >= 4 is 11.6 Å². The molecule has 0 aromatic heterocycles. The van der Waals surface area contributed by atoms with Crippen molar-refractivity contribution in [3.05, 3.63) is 22.7 Å². The van der Waals surface area contributed by atoms with Crippen LogP contribution in [0.2, 0.25) is 5.02 Å². The fraction of sp³-hybridized carbons (Fsp3) is 0.625. The number of hydrogen-bond acceptors (Lipinski definition) is 4. The van der Waals surface area contributed by atoms with Gasteiger partial charge in [-0.05, 0) is 24.1 Å². The molecular formula is C16H27ClN2O2. The molecule has 1 atom stereocenters. The van der Waals surface area contributed by atoms with Gasteiger partial charge in [-0.1, -0.05) is 38.4 Å². The fourth-order valence-electron chi connectivity index (χ4n) is 2.58. The maximum absolute atomic E-state index is 6.52. The molecule has 0 bridgehead atoms. The van der Waals surface area contributed by atoms with Crippen molar-refractivity contribution < 1.29 is 9.47 Å². The molecule has 0 heterocycles. The summed E-state index contributed by atoms with van der Waals surface area (Å²) in [7, 11) is 3.20. The Labute approximate surface area is 133 Å². The predicted molar refractivity (Wildman–Crippen MR) is 88.4 cm³/mol. The number of methoxy groups -OCH3 is 2. The minimum absolute atomic E-state index is 0.0738. The lowest BCUT2D eigenvalue weighted by Gasteiger charge is -2.32. The van der Waals surface area contributed by atoms with Crippen molar-refractivity contribution in [3.8, 4) is 11.5 Å². The van der Waals surface area contributed by atoms with Crippen molar-refractivity contribution in [2.24, 2.45) is 11.7 Å². The molecule has 1 unspecified atom stereocenters. The highest BCUT2D eigenvalue weighted by atomic mass is 35.5. The lowest BCUT2D eigenvalue weighted by Crippen LogP contribution is -2.36. The Hall–Kier alpha value is -0.970. The van der Waals surface area contributed by atoms with E-state index in [0.717, 1.165) is 18.7 Å². The van der Waals surface area contributed by atoms with Gasteiger partial charge in [0, 0.05) is 19.1 Å². The van der Waals surface area contributed by atoms with Gasteiger partial charge in [-0.15, -0.1) is 0 Å². The second-order valence-corrected chi connectivity index (χ2v) is 5.82. The number of hydrogen-bond donors (Lipinski definition) is 1. The van der Waals surface area contributed by atoms with E-state index < -0.39 is 0 Å². The van der Waals surface area contributed by atoms with E-state index in [-0.39, 0.29) is 6.04 Å². The summed E-state index contributed by atoms with van der Waals surface area (Å²) < 4.78 is 10.7. The van der Waals surface area contributed by atoms with Crippen LogP contribution in [0.4, 0.5) is 0 Å². The Morgan fingerprint density at radius 2 is 1.90 bits per heavy atom. The summed E-state index contributed by atoms with van der Waals surface area (Å²) in [4.78, 5) is 2.35. The van der Waals surface area contributed by atoms with Crippen molar-refractivity contribution in [1.82, 2.24) is 4.90 Å². The smallest absolute Gasteiger partial charge is 0.179 e. The van der Waals surface area contributed by atoms with Gasteiger partial charge in [0.1, 0.15) is 0 Å². The van der Waals surface area contributed by atoms with Gasteiger partial charge in [0.05, 0.1) is 19.2 Å². The molecule has 21 heavy (non-hydrogen) atoms. The quantitative estimate of drug-likeness (QED) is 0.799. The molecule has 1 aromatic carbocycles. The first kappa shape index (κ1) is 18.1. The van der Waals surface area contributed by atoms with Crippen LogP contribution in [0.1, 0.15) is 32.4 Å². The van der Waals surface area contributed by atoms with Crippen LogP contribution in [-0.2, 0) is 0 Å². The molecule has 4 nitrogen and oxygen atoms in total. The number of rotatable bonds is 8. The molecule has 5 heteroatoms. The van der Waals surface area contributed by atoms with Crippen molar-refractivity contribution in [2.75, 3.05) is 33.9 Å². The zero-order valence-electron chi connectivity index (χ0n) is 13.6. The zero-order chi connectivity index (χ0) is 16.0. The normalized spacial score (nSPS) is 12.8. The number of halogens is 1. The van der Waals surface area contributed by atoms with E-state index in [0.29, 0.717) is 29.0 Å². The van der Waals surface area contributed by atoms with E-state index in [1.807, 2.05) is 12.1 Å². The van der Waals surface area contributed by atoms with Crippen LogP contribution < -0.4 is 15.2 Å². The number of benzene rings is 1. The summed E-state index contributed by atoms with van der Waals surface area (Å²) in [5.74, 6) is 1.77. The second-order valence-electron chi connectivity index (χ2n) is 5.44. The average molecular weight is 315 g/mol. The molecule has 0 saturated carbocycles. The highest BCUT2D eigenvalue weighted by molar-refractivity contribution is 6.33. The summed E-state index contributed by atoms with van der Waals surface area (Å²) in [6, 6.07) is 3.93. The Balaban J connectivity index is 3.21. The minimum atomic E-state index is 0.0738. The van der Waals surface area contributed by atoms with E-state index in [1.165, 1.54) is 0 Å². The lowest BCUT2D eigenvalue weighted by molar-refractivity contribution is 0.189. The van der Waals surface area contributed by atoms with E-state index >= 15 is 0 Å². The number of likely N-dealkylation sites (N-methyl/N-ethyl adjacent to an activating group) is 1. The average Bonchev–Trinajstić information content (AvgIpc) is 2.47. The van der Waals surface area contributed by atoms with Crippen LogP contribution in [0.5, 0.6) is 11.5 Å². The van der Waals surface area contributed by atoms with Crippen LogP contribution in [0, 0.1) is 5.92 Å². The van der Waals surface area contributed by atoms with Gasteiger partial charge < -0.3 is 15.2 Å². The summed E-state index contributed by atoms with van der Waals surface area (Å²) in [5, 5.41) is 0.578. The summed E-state index contributed by atoms with van der Waals surface area (Å²) >= 11 is 6.52. The van der Waals surface area contributed by atoms with Crippen molar-refractivity contribution in [1.29, 1.82) is 0 Å². The van der Waals surface area contributed by atoms with E-state index in [1.54, 1.807) is 14.2 Å². The molecule has 2 N–H and O–H groups in total. The molecule has 0 aliphatic rings. The third kappa shape index (κ3) is 4.25. The number of ether oxygens (including phenoxy) is 2. The first-order valence-electron chi connectivity index (χ1n) is 7.34. The topological polar surface area (TPSA) is 47.7 Å². The van der Waals surface area contributed by atoms with Gasteiger partial charge in [-0.2, -0.15) is 0 Å². The zero-order valence-corrected chi connectivity index (χ0v) is 14.4. The van der Waals surface area contributed by atoms with Gasteiger partial charge in [-0.25, -0.2) is 0 Å². The third-order valence-corrected chi connectivity index (χ3v) is 3.93. The molecule has 0 fully saturated rings. The Kier molecular flexibility index (Phi) is 7.29. The minimum Gasteiger partial charge on any atom is -0.493 e. The van der Waals surface area contributed by atoms with Crippen LogP contribution in [0.15, 0.2) is 12.1 Å². The molecule has 120 valence electrons.